The Kier molecular flexibility index (Phi) is 2.51. The first-order valence-corrected chi connectivity index (χ1v) is 3.89. The van der Waals surface area contributed by atoms with E-state index < -0.39 is 5.97 Å². The van der Waals surface area contributed by atoms with Gasteiger partial charge >= 0.3 is 5.97 Å². The first-order valence-electron chi connectivity index (χ1n) is 3.89. The van der Waals surface area contributed by atoms with Crippen LogP contribution in [0.3, 0.4) is 0 Å². The van der Waals surface area contributed by atoms with E-state index in [9.17, 15) is 9.59 Å². The highest BCUT2D eigenvalue weighted by atomic mass is 16.4. The lowest BCUT2D eigenvalue weighted by atomic mass is 10.3. The van der Waals surface area contributed by atoms with E-state index in [0.29, 0.717) is 11.4 Å². The van der Waals surface area contributed by atoms with Crippen molar-refractivity contribution in [2.24, 2.45) is 7.05 Å². The number of ketones is 1. The summed E-state index contributed by atoms with van der Waals surface area (Å²) in [6.45, 7) is 1.46. The maximum absolute atomic E-state index is 11.0. The van der Waals surface area contributed by atoms with Crippen LogP contribution in [0.4, 0.5) is 0 Å². The Labute approximate surface area is 75.8 Å². The molecule has 0 aliphatic heterocycles. The predicted octanol–water partition coefficient (Wildman–Crippen LogP) is 0.855. The number of nitrogens with zero attached hydrogens (tertiary/aromatic N) is 1. The minimum absolute atomic E-state index is 0.0518. The number of carboxylic acid groups (broad SMARTS) is 1. The van der Waals surface area contributed by atoms with Gasteiger partial charge in [-0.15, -0.1) is 0 Å². The Hall–Kier alpha value is -1.58. The second-order valence-corrected chi connectivity index (χ2v) is 2.90. The Balaban J connectivity index is 2.99. The second kappa shape index (κ2) is 3.43. The van der Waals surface area contributed by atoms with Crippen LogP contribution in [0.15, 0.2) is 12.1 Å². The van der Waals surface area contributed by atoms with Crippen LogP contribution < -0.4 is 0 Å². The Bertz CT molecular complexity index is 352. The van der Waals surface area contributed by atoms with Crippen LogP contribution >= 0.6 is 0 Å². The van der Waals surface area contributed by atoms with Crippen molar-refractivity contribution in [3.8, 4) is 0 Å². The van der Waals surface area contributed by atoms with Crippen LogP contribution in [-0.4, -0.2) is 21.4 Å². The molecule has 1 heterocycles. The van der Waals surface area contributed by atoms with Crippen molar-refractivity contribution in [3.05, 3.63) is 23.5 Å². The smallest absolute Gasteiger partial charge is 0.309 e. The number of Topliss-reactive ketones (excluding diaryl/α,β-unsaturated/α-hetero) is 1. The number of carbonyl (C=O) groups is 2. The van der Waals surface area contributed by atoms with Gasteiger partial charge in [0.05, 0.1) is 12.1 Å². The zero-order valence-corrected chi connectivity index (χ0v) is 7.57. The summed E-state index contributed by atoms with van der Waals surface area (Å²) >= 11 is 0. The number of hydrogen-bond acceptors (Lipinski definition) is 2. The van der Waals surface area contributed by atoms with Crippen molar-refractivity contribution in [1.29, 1.82) is 0 Å². The molecule has 0 atom stereocenters. The van der Waals surface area contributed by atoms with Crippen molar-refractivity contribution < 1.29 is 14.7 Å². The molecule has 13 heavy (non-hydrogen) atoms. The molecule has 0 fully saturated rings. The summed E-state index contributed by atoms with van der Waals surface area (Å²) < 4.78 is 1.61. The van der Waals surface area contributed by atoms with Crippen molar-refractivity contribution in [2.75, 3.05) is 0 Å². The third kappa shape index (κ3) is 1.96. The van der Waals surface area contributed by atoms with Gasteiger partial charge in [0.2, 0.25) is 0 Å². The number of carboxylic acids is 1. The predicted molar refractivity (Wildman–Crippen MR) is 46.8 cm³/mol. The van der Waals surface area contributed by atoms with E-state index in [1.807, 2.05) is 0 Å². The standard InChI is InChI=1S/C9H11NO3/c1-6(11)8-4-3-7(10(8)2)5-9(12)13/h3-4H,5H2,1-2H3,(H,12,13). The first kappa shape index (κ1) is 9.51. The SMILES string of the molecule is CC(=O)c1ccc(CC(=O)O)n1C. The second-order valence-electron chi connectivity index (χ2n) is 2.90. The summed E-state index contributed by atoms with van der Waals surface area (Å²) in [7, 11) is 1.69. The van der Waals surface area contributed by atoms with Crippen molar-refractivity contribution in [2.45, 2.75) is 13.3 Å². The van der Waals surface area contributed by atoms with Gasteiger partial charge in [-0.25, -0.2) is 0 Å². The lowest BCUT2D eigenvalue weighted by molar-refractivity contribution is -0.136. The third-order valence-electron chi connectivity index (χ3n) is 1.92. The molecule has 0 aliphatic carbocycles. The molecule has 0 aliphatic rings. The molecule has 4 heteroatoms. The molecule has 1 rings (SSSR count). The highest BCUT2D eigenvalue weighted by Gasteiger charge is 2.10. The van der Waals surface area contributed by atoms with E-state index in [2.05, 4.69) is 0 Å². The van der Waals surface area contributed by atoms with Crippen LogP contribution in [0.25, 0.3) is 0 Å². The molecule has 0 aromatic carbocycles. The molecule has 1 aromatic heterocycles. The van der Waals surface area contributed by atoms with Crippen LogP contribution in [0.5, 0.6) is 0 Å². The van der Waals surface area contributed by atoms with Crippen molar-refractivity contribution in [1.82, 2.24) is 4.57 Å². The summed E-state index contributed by atoms with van der Waals surface area (Å²) in [5, 5.41) is 8.54. The van der Waals surface area contributed by atoms with Gasteiger partial charge in [0.1, 0.15) is 0 Å². The molecule has 0 unspecified atom stereocenters. The minimum Gasteiger partial charge on any atom is -0.481 e. The fourth-order valence-corrected chi connectivity index (χ4v) is 1.24. The highest BCUT2D eigenvalue weighted by molar-refractivity contribution is 5.92. The molecule has 4 nitrogen and oxygen atoms in total. The van der Waals surface area contributed by atoms with E-state index >= 15 is 0 Å². The number of carbonyl (C=O) groups excluding carboxylic acids is 1. The topological polar surface area (TPSA) is 59.3 Å². The molecule has 0 bridgehead atoms. The number of rotatable bonds is 3. The number of hydrogen-bond donors (Lipinski definition) is 1. The van der Waals surface area contributed by atoms with Crippen LogP contribution in [0, 0.1) is 0 Å². The van der Waals surface area contributed by atoms with E-state index in [4.69, 9.17) is 5.11 Å². The molecule has 0 saturated carbocycles. The van der Waals surface area contributed by atoms with Gasteiger partial charge in [-0.3, -0.25) is 9.59 Å². The molecular weight excluding hydrogens is 170 g/mol. The molecular formula is C9H11NO3. The van der Waals surface area contributed by atoms with Crippen molar-refractivity contribution in [3.63, 3.8) is 0 Å². The fourth-order valence-electron chi connectivity index (χ4n) is 1.24. The lowest BCUT2D eigenvalue weighted by Crippen LogP contribution is -2.08. The summed E-state index contributed by atoms with van der Waals surface area (Å²) in [5.41, 5.74) is 1.17. The molecule has 0 amide bonds. The molecule has 1 N–H and O–H groups in total. The Morgan fingerprint density at radius 2 is 2.08 bits per heavy atom. The fraction of sp³-hybridized carbons (Fsp3) is 0.333. The molecule has 70 valence electrons. The monoisotopic (exact) mass is 181 g/mol. The maximum atomic E-state index is 11.0. The van der Waals surface area contributed by atoms with E-state index in [1.54, 1.807) is 23.7 Å². The number of aliphatic carboxylic acids is 1. The average molecular weight is 181 g/mol. The Morgan fingerprint density at radius 1 is 1.46 bits per heavy atom. The van der Waals surface area contributed by atoms with Crippen molar-refractivity contribution >= 4 is 11.8 Å². The Morgan fingerprint density at radius 3 is 2.46 bits per heavy atom. The quantitative estimate of drug-likeness (QED) is 0.703. The highest BCUT2D eigenvalue weighted by Crippen LogP contribution is 2.08. The lowest BCUT2D eigenvalue weighted by Gasteiger charge is -2.02. The van der Waals surface area contributed by atoms with Crippen LogP contribution in [-0.2, 0) is 18.3 Å². The van der Waals surface area contributed by atoms with Gasteiger partial charge in [0, 0.05) is 19.7 Å². The summed E-state index contributed by atoms with van der Waals surface area (Å²) in [5.74, 6) is -0.949. The normalized spacial score (nSPS) is 10.0. The van der Waals surface area contributed by atoms with Crippen LogP contribution in [0.1, 0.15) is 23.1 Å². The summed E-state index contributed by atoms with van der Waals surface area (Å²) in [6.07, 6.45) is -0.0518. The van der Waals surface area contributed by atoms with Gasteiger partial charge in [-0.2, -0.15) is 0 Å². The molecule has 1 aromatic rings. The average Bonchev–Trinajstić information content (AvgIpc) is 2.32. The minimum atomic E-state index is -0.892. The van der Waals surface area contributed by atoms with Crippen LogP contribution in [0.2, 0.25) is 0 Å². The van der Waals surface area contributed by atoms with E-state index in [0.717, 1.165) is 0 Å². The zero-order chi connectivity index (χ0) is 10.0. The molecule has 0 spiro atoms. The van der Waals surface area contributed by atoms with Gasteiger partial charge in [0.25, 0.3) is 0 Å². The molecule has 0 radical (unpaired) electrons. The van der Waals surface area contributed by atoms with Gasteiger partial charge in [-0.1, -0.05) is 0 Å². The van der Waals surface area contributed by atoms with Gasteiger partial charge in [0.15, 0.2) is 5.78 Å². The third-order valence-corrected chi connectivity index (χ3v) is 1.92. The van der Waals surface area contributed by atoms with Gasteiger partial charge in [-0.05, 0) is 12.1 Å². The van der Waals surface area contributed by atoms with E-state index in [-0.39, 0.29) is 12.2 Å². The zero-order valence-electron chi connectivity index (χ0n) is 7.57. The largest absolute Gasteiger partial charge is 0.481 e. The number of aromatic nitrogens is 1. The summed E-state index contributed by atoms with van der Waals surface area (Å²) in [4.78, 5) is 21.4. The molecule has 0 saturated heterocycles. The summed E-state index contributed by atoms with van der Waals surface area (Å²) in [6, 6.07) is 3.30. The van der Waals surface area contributed by atoms with Gasteiger partial charge < -0.3 is 9.67 Å². The first-order chi connectivity index (χ1) is 6.02. The maximum Gasteiger partial charge on any atom is 0.309 e. The van der Waals surface area contributed by atoms with E-state index in [1.165, 1.54) is 6.92 Å².